The molecule has 3 heteroatoms. The maximum absolute atomic E-state index is 9.35. The smallest absolute Gasteiger partial charge is 0.0610 e. The highest BCUT2D eigenvalue weighted by atomic mass is 16.3. The summed E-state index contributed by atoms with van der Waals surface area (Å²) in [5.74, 6) is 0.732. The van der Waals surface area contributed by atoms with Gasteiger partial charge in [0.05, 0.1) is 6.61 Å². The molecule has 1 unspecified atom stereocenters. The third kappa shape index (κ3) is 4.40. The zero-order chi connectivity index (χ0) is 12.2. The van der Waals surface area contributed by atoms with Gasteiger partial charge in [-0.05, 0) is 39.2 Å². The molecule has 1 fully saturated rings. The topological polar surface area (TPSA) is 35.5 Å². The average Bonchev–Trinajstić information content (AvgIpc) is 3.07. The molecule has 0 bridgehead atoms. The van der Waals surface area contributed by atoms with Gasteiger partial charge in [-0.25, -0.2) is 0 Å². The molecule has 0 amide bonds. The van der Waals surface area contributed by atoms with Gasteiger partial charge < -0.3 is 15.3 Å². The van der Waals surface area contributed by atoms with Crippen molar-refractivity contribution in [1.29, 1.82) is 0 Å². The van der Waals surface area contributed by atoms with E-state index in [2.05, 4.69) is 31.0 Å². The SMILES string of the molecule is CNC(C)(CO)CCN(CC(C)C)C1CC1. The lowest BCUT2D eigenvalue weighted by atomic mass is 9.99. The van der Waals surface area contributed by atoms with Crippen LogP contribution in [0.25, 0.3) is 0 Å². The van der Waals surface area contributed by atoms with E-state index in [0.29, 0.717) is 0 Å². The second-order valence-corrected chi connectivity index (χ2v) is 5.84. The van der Waals surface area contributed by atoms with Crippen molar-refractivity contribution in [2.45, 2.75) is 51.6 Å². The Balaban J connectivity index is 2.37. The molecule has 0 heterocycles. The second kappa shape index (κ2) is 5.99. The van der Waals surface area contributed by atoms with Crippen LogP contribution in [0.3, 0.4) is 0 Å². The molecular formula is C13H28N2O. The van der Waals surface area contributed by atoms with E-state index in [-0.39, 0.29) is 12.1 Å². The Kier molecular flexibility index (Phi) is 5.22. The van der Waals surface area contributed by atoms with E-state index < -0.39 is 0 Å². The summed E-state index contributed by atoms with van der Waals surface area (Å²) in [5.41, 5.74) is -0.121. The fourth-order valence-electron chi connectivity index (χ4n) is 2.01. The summed E-state index contributed by atoms with van der Waals surface area (Å²) in [4.78, 5) is 2.59. The summed E-state index contributed by atoms with van der Waals surface area (Å²) in [6.07, 6.45) is 3.74. The number of rotatable bonds is 8. The van der Waals surface area contributed by atoms with Crippen LogP contribution in [-0.2, 0) is 0 Å². The van der Waals surface area contributed by atoms with Crippen LogP contribution < -0.4 is 5.32 Å². The van der Waals surface area contributed by atoms with Crippen LogP contribution in [0.2, 0.25) is 0 Å². The van der Waals surface area contributed by atoms with E-state index in [1.165, 1.54) is 19.4 Å². The van der Waals surface area contributed by atoms with Gasteiger partial charge in [0.2, 0.25) is 0 Å². The van der Waals surface area contributed by atoms with Gasteiger partial charge in [-0.3, -0.25) is 0 Å². The van der Waals surface area contributed by atoms with Gasteiger partial charge in [-0.2, -0.15) is 0 Å². The Morgan fingerprint density at radius 2 is 2.06 bits per heavy atom. The Labute approximate surface area is 100 Å². The van der Waals surface area contributed by atoms with E-state index >= 15 is 0 Å². The predicted octanol–water partition coefficient (Wildman–Crippen LogP) is 1.47. The fourth-order valence-corrected chi connectivity index (χ4v) is 2.01. The second-order valence-electron chi connectivity index (χ2n) is 5.84. The molecule has 1 rings (SSSR count). The van der Waals surface area contributed by atoms with Crippen molar-refractivity contribution in [3.8, 4) is 0 Å². The zero-order valence-electron chi connectivity index (χ0n) is 11.3. The number of hydrogen-bond donors (Lipinski definition) is 2. The number of hydrogen-bond acceptors (Lipinski definition) is 3. The number of nitrogens with one attached hydrogen (secondary N) is 1. The van der Waals surface area contributed by atoms with Crippen LogP contribution in [0, 0.1) is 5.92 Å². The van der Waals surface area contributed by atoms with E-state index in [1.54, 1.807) is 0 Å². The third-order valence-electron chi connectivity index (χ3n) is 3.57. The Morgan fingerprint density at radius 1 is 1.44 bits per heavy atom. The minimum atomic E-state index is -0.121. The van der Waals surface area contributed by atoms with Crippen molar-refractivity contribution < 1.29 is 5.11 Å². The summed E-state index contributed by atoms with van der Waals surface area (Å²) in [6, 6.07) is 0.821. The van der Waals surface area contributed by atoms with Gasteiger partial charge in [0.25, 0.3) is 0 Å². The molecule has 3 nitrogen and oxygen atoms in total. The Bertz CT molecular complexity index is 198. The summed E-state index contributed by atoms with van der Waals surface area (Å²) >= 11 is 0. The van der Waals surface area contributed by atoms with Crippen LogP contribution in [0.15, 0.2) is 0 Å². The van der Waals surface area contributed by atoms with Crippen LogP contribution in [0.4, 0.5) is 0 Å². The fraction of sp³-hybridized carbons (Fsp3) is 1.00. The van der Waals surface area contributed by atoms with Gasteiger partial charge in [-0.15, -0.1) is 0 Å². The van der Waals surface area contributed by atoms with Gasteiger partial charge in [0.1, 0.15) is 0 Å². The molecule has 0 aromatic carbocycles. The van der Waals surface area contributed by atoms with Crippen molar-refractivity contribution >= 4 is 0 Å². The molecule has 0 aromatic rings. The van der Waals surface area contributed by atoms with Crippen molar-refractivity contribution in [3.63, 3.8) is 0 Å². The molecule has 0 aliphatic heterocycles. The lowest BCUT2D eigenvalue weighted by Gasteiger charge is -2.31. The minimum Gasteiger partial charge on any atom is -0.394 e. The quantitative estimate of drug-likeness (QED) is 0.660. The highest BCUT2D eigenvalue weighted by Crippen LogP contribution is 2.28. The molecule has 0 radical (unpaired) electrons. The first-order valence-corrected chi connectivity index (χ1v) is 6.54. The van der Waals surface area contributed by atoms with Crippen LogP contribution >= 0.6 is 0 Å². The van der Waals surface area contributed by atoms with Crippen LogP contribution in [-0.4, -0.2) is 48.3 Å². The van der Waals surface area contributed by atoms with Crippen molar-refractivity contribution in [2.24, 2.45) is 5.92 Å². The summed E-state index contributed by atoms with van der Waals surface area (Å²) < 4.78 is 0. The molecule has 1 atom stereocenters. The Morgan fingerprint density at radius 3 is 2.44 bits per heavy atom. The minimum absolute atomic E-state index is 0.121. The van der Waals surface area contributed by atoms with Gasteiger partial charge >= 0.3 is 0 Å². The molecule has 2 N–H and O–H groups in total. The maximum atomic E-state index is 9.35. The van der Waals surface area contributed by atoms with E-state index in [4.69, 9.17) is 0 Å². The lowest BCUT2D eigenvalue weighted by molar-refractivity contribution is 0.144. The number of likely N-dealkylation sites (N-methyl/N-ethyl adjacent to an activating group) is 1. The third-order valence-corrected chi connectivity index (χ3v) is 3.57. The van der Waals surface area contributed by atoms with Gasteiger partial charge in [0, 0.05) is 24.7 Å². The van der Waals surface area contributed by atoms with Crippen LogP contribution in [0.1, 0.15) is 40.0 Å². The Hall–Kier alpha value is -0.120. The highest BCUT2D eigenvalue weighted by Gasteiger charge is 2.31. The van der Waals surface area contributed by atoms with E-state index in [0.717, 1.165) is 24.9 Å². The van der Waals surface area contributed by atoms with E-state index in [1.807, 2.05) is 7.05 Å². The maximum Gasteiger partial charge on any atom is 0.0610 e. The molecule has 16 heavy (non-hydrogen) atoms. The standard InChI is InChI=1S/C13H28N2O/c1-11(2)9-15(12-5-6-12)8-7-13(3,10-16)14-4/h11-12,14,16H,5-10H2,1-4H3. The summed E-state index contributed by atoms with van der Waals surface area (Å²) in [5, 5.41) is 12.6. The van der Waals surface area contributed by atoms with Crippen LogP contribution in [0.5, 0.6) is 0 Å². The molecule has 96 valence electrons. The first-order chi connectivity index (χ1) is 7.50. The first-order valence-electron chi connectivity index (χ1n) is 6.54. The monoisotopic (exact) mass is 228 g/mol. The average molecular weight is 228 g/mol. The highest BCUT2D eigenvalue weighted by molar-refractivity contribution is 4.88. The van der Waals surface area contributed by atoms with Gasteiger partial charge in [-0.1, -0.05) is 13.8 Å². The van der Waals surface area contributed by atoms with Crippen molar-refractivity contribution in [2.75, 3.05) is 26.7 Å². The number of nitrogens with zero attached hydrogens (tertiary/aromatic N) is 1. The lowest BCUT2D eigenvalue weighted by Crippen LogP contribution is -2.46. The van der Waals surface area contributed by atoms with Crippen molar-refractivity contribution in [3.05, 3.63) is 0 Å². The molecule has 0 aromatic heterocycles. The zero-order valence-corrected chi connectivity index (χ0v) is 11.3. The molecule has 1 aliphatic rings. The molecule has 0 saturated heterocycles. The number of aliphatic hydroxyl groups excluding tert-OH is 1. The summed E-state index contributed by atoms with van der Waals surface area (Å²) in [6.45, 7) is 9.14. The van der Waals surface area contributed by atoms with Crippen molar-refractivity contribution in [1.82, 2.24) is 10.2 Å². The molecule has 1 saturated carbocycles. The first kappa shape index (κ1) is 13.9. The largest absolute Gasteiger partial charge is 0.394 e. The predicted molar refractivity (Wildman–Crippen MR) is 68.6 cm³/mol. The summed E-state index contributed by atoms with van der Waals surface area (Å²) in [7, 11) is 1.93. The number of aliphatic hydroxyl groups is 1. The molecule has 1 aliphatic carbocycles. The van der Waals surface area contributed by atoms with Gasteiger partial charge in [0.15, 0.2) is 0 Å². The molecule has 0 spiro atoms. The normalized spacial score (nSPS) is 20.4. The molecular weight excluding hydrogens is 200 g/mol. The van der Waals surface area contributed by atoms with E-state index in [9.17, 15) is 5.11 Å².